The van der Waals surface area contributed by atoms with Crippen LogP contribution in [0.25, 0.3) is 11.1 Å². The van der Waals surface area contributed by atoms with Gasteiger partial charge in [0.25, 0.3) is 0 Å². The molecule has 2 aromatic rings. The van der Waals surface area contributed by atoms with Gasteiger partial charge in [0, 0.05) is 35.2 Å². The van der Waals surface area contributed by atoms with Gasteiger partial charge in [0.1, 0.15) is 5.60 Å². The van der Waals surface area contributed by atoms with E-state index in [2.05, 4.69) is 0 Å². The molecule has 4 fully saturated rings. The maximum absolute atomic E-state index is 15.4. The van der Waals surface area contributed by atoms with Crippen LogP contribution in [0, 0.1) is 22.7 Å². The Morgan fingerprint density at radius 1 is 0.857 bits per heavy atom. The van der Waals surface area contributed by atoms with E-state index < -0.39 is 58.7 Å². The predicted octanol–water partition coefficient (Wildman–Crippen LogP) is 7.68. The van der Waals surface area contributed by atoms with Crippen LogP contribution in [0.3, 0.4) is 0 Å². The number of benzene rings is 2. The molecule has 3 saturated carbocycles. The maximum Gasteiger partial charge on any atom is 0.456 e. The van der Waals surface area contributed by atoms with Crippen molar-refractivity contribution >= 4 is 5.91 Å². The molecule has 3 unspecified atom stereocenters. The molecular formula is C38H44F5NO5. The van der Waals surface area contributed by atoms with Crippen molar-refractivity contribution in [2.75, 3.05) is 13.2 Å². The van der Waals surface area contributed by atoms with Gasteiger partial charge in [-0.25, -0.2) is 0 Å². The first-order valence-corrected chi connectivity index (χ1v) is 17.2. The SMILES string of the molecule is CC1(C)COC2(CCC3=C4C(c5ccc(-c6ccc(C(N)=O)cc6)cc5)CC5(C)[C@@H](CC[C@@]5(O)C(F)(F)C(F)(F)F)C4CC[C@@]3(O)C2)OC1. The molecule has 7 rings (SSSR count). The van der Waals surface area contributed by atoms with E-state index in [9.17, 15) is 28.2 Å². The third-order valence-corrected chi connectivity index (χ3v) is 12.7. The largest absolute Gasteiger partial charge is 0.456 e. The van der Waals surface area contributed by atoms with Crippen molar-refractivity contribution in [2.24, 2.45) is 28.4 Å². The van der Waals surface area contributed by atoms with Crippen molar-refractivity contribution in [3.8, 4) is 11.1 Å². The van der Waals surface area contributed by atoms with Gasteiger partial charge in [-0.1, -0.05) is 62.7 Å². The van der Waals surface area contributed by atoms with Crippen LogP contribution in [0.2, 0.25) is 0 Å². The molecule has 1 spiro atoms. The van der Waals surface area contributed by atoms with Gasteiger partial charge in [0.2, 0.25) is 5.91 Å². The first kappa shape index (κ1) is 34.6. The van der Waals surface area contributed by atoms with Gasteiger partial charge in [-0.3, -0.25) is 4.79 Å². The second-order valence-corrected chi connectivity index (χ2v) is 16.3. The molecule has 5 aliphatic rings. The Hall–Kier alpha value is -2.86. The summed E-state index contributed by atoms with van der Waals surface area (Å²) in [7, 11) is 0. The molecule has 1 saturated heterocycles. The highest BCUT2D eigenvalue weighted by atomic mass is 19.4. The number of ether oxygens (including phenoxy) is 2. The highest BCUT2D eigenvalue weighted by Crippen LogP contribution is 2.71. The molecule has 49 heavy (non-hydrogen) atoms. The summed E-state index contributed by atoms with van der Waals surface area (Å²) in [6.45, 7) is 6.46. The fourth-order valence-electron chi connectivity index (χ4n) is 10.0. The van der Waals surface area contributed by atoms with E-state index in [0.717, 1.165) is 22.3 Å². The number of alkyl halides is 5. The second-order valence-electron chi connectivity index (χ2n) is 16.3. The topological polar surface area (TPSA) is 102 Å². The Balaban J connectivity index is 1.31. The van der Waals surface area contributed by atoms with Crippen LogP contribution in [-0.2, 0) is 9.47 Å². The number of carbonyl (C=O) groups is 1. The summed E-state index contributed by atoms with van der Waals surface area (Å²) in [5, 5.41) is 24.0. The van der Waals surface area contributed by atoms with Gasteiger partial charge in [-0.15, -0.1) is 0 Å². The lowest BCUT2D eigenvalue weighted by atomic mass is 9.49. The van der Waals surface area contributed by atoms with Crippen molar-refractivity contribution in [1.29, 1.82) is 0 Å². The molecule has 266 valence electrons. The Kier molecular flexibility index (Phi) is 7.81. The lowest BCUT2D eigenvalue weighted by molar-refractivity contribution is -0.362. The van der Waals surface area contributed by atoms with Crippen molar-refractivity contribution in [3.63, 3.8) is 0 Å². The Bertz CT molecular complexity index is 1660. The van der Waals surface area contributed by atoms with E-state index >= 15 is 8.78 Å². The fourth-order valence-corrected chi connectivity index (χ4v) is 10.0. The minimum Gasteiger partial charge on any atom is -0.385 e. The predicted molar refractivity (Wildman–Crippen MR) is 172 cm³/mol. The van der Waals surface area contributed by atoms with Gasteiger partial charge >= 0.3 is 12.1 Å². The molecule has 4 aliphatic carbocycles. The van der Waals surface area contributed by atoms with E-state index in [1.807, 2.05) is 38.1 Å². The lowest BCUT2D eigenvalue weighted by Crippen LogP contribution is -2.65. The van der Waals surface area contributed by atoms with Gasteiger partial charge in [-0.2, -0.15) is 22.0 Å². The summed E-state index contributed by atoms with van der Waals surface area (Å²) in [6, 6.07) is 14.2. The van der Waals surface area contributed by atoms with Crippen molar-refractivity contribution in [2.45, 2.75) is 107 Å². The summed E-state index contributed by atoms with van der Waals surface area (Å²) >= 11 is 0. The maximum atomic E-state index is 15.4. The standard InChI is InChI=1S/C38H44F5NO5/c1-32(2)20-48-35(49-21-32)16-13-29-30-26(12-15-34(29,46)19-35)28-14-17-36(47,37(39,40)38(41,42)43)33(28,3)18-27(30)24-8-4-22(5-9-24)23-6-10-25(11-7-23)31(44)45/h4-11,26-28,46-47H,12-21H2,1-3H3,(H2,44,45)/t26?,27?,28-,33?,34+,36-/m0/s1. The van der Waals surface area contributed by atoms with Gasteiger partial charge in [0.15, 0.2) is 5.79 Å². The van der Waals surface area contributed by atoms with Crippen LogP contribution in [0.5, 0.6) is 0 Å². The average Bonchev–Trinajstić information content (AvgIpc) is 3.32. The van der Waals surface area contributed by atoms with Gasteiger partial charge in [-0.05, 0) is 84.8 Å². The number of carbonyl (C=O) groups excluding carboxylic acids is 1. The molecule has 11 heteroatoms. The van der Waals surface area contributed by atoms with Gasteiger partial charge < -0.3 is 25.4 Å². The van der Waals surface area contributed by atoms with E-state index in [0.29, 0.717) is 50.0 Å². The van der Waals surface area contributed by atoms with Crippen LogP contribution in [0.1, 0.15) is 94.0 Å². The number of hydrogen-bond acceptors (Lipinski definition) is 5. The van der Waals surface area contributed by atoms with E-state index in [1.165, 1.54) is 6.92 Å². The molecule has 1 amide bonds. The second kappa shape index (κ2) is 11.1. The summed E-state index contributed by atoms with van der Waals surface area (Å²) in [5.41, 5.74) is 3.27. The molecule has 1 aliphatic heterocycles. The first-order valence-electron chi connectivity index (χ1n) is 17.2. The molecule has 4 N–H and O–H groups in total. The van der Waals surface area contributed by atoms with Crippen LogP contribution in [-0.4, -0.2) is 58.4 Å². The minimum absolute atomic E-state index is 0.0245. The first-order chi connectivity index (χ1) is 22.7. The highest BCUT2D eigenvalue weighted by molar-refractivity contribution is 5.93. The highest BCUT2D eigenvalue weighted by Gasteiger charge is 2.79. The summed E-state index contributed by atoms with van der Waals surface area (Å²) in [5.74, 6) is -8.45. The van der Waals surface area contributed by atoms with E-state index in [1.54, 1.807) is 24.3 Å². The smallest absolute Gasteiger partial charge is 0.385 e. The molecule has 0 radical (unpaired) electrons. The van der Waals surface area contributed by atoms with Crippen LogP contribution in [0.15, 0.2) is 59.7 Å². The number of amides is 1. The minimum atomic E-state index is -5.92. The Morgan fingerprint density at radius 3 is 2.02 bits per heavy atom. The zero-order valence-corrected chi connectivity index (χ0v) is 28.0. The number of fused-ring (bicyclic) bond motifs is 4. The molecule has 2 aromatic carbocycles. The van der Waals surface area contributed by atoms with Crippen LogP contribution < -0.4 is 5.73 Å². The summed E-state index contributed by atoms with van der Waals surface area (Å²) in [6.07, 6.45) is -4.88. The zero-order valence-electron chi connectivity index (χ0n) is 28.0. The number of nitrogens with two attached hydrogens (primary N) is 1. The van der Waals surface area contributed by atoms with Crippen LogP contribution >= 0.6 is 0 Å². The quantitative estimate of drug-likeness (QED) is 0.226. The number of primary amides is 1. The normalized spacial score (nSPS) is 35.4. The van der Waals surface area contributed by atoms with Gasteiger partial charge in [0.05, 0.1) is 18.8 Å². The number of rotatable bonds is 4. The van der Waals surface area contributed by atoms with E-state index in [-0.39, 0.29) is 30.6 Å². The molecule has 0 aromatic heterocycles. The monoisotopic (exact) mass is 689 g/mol. The van der Waals surface area contributed by atoms with Crippen LogP contribution in [0.4, 0.5) is 22.0 Å². The van der Waals surface area contributed by atoms with E-state index in [4.69, 9.17) is 15.2 Å². The number of hydrogen-bond donors (Lipinski definition) is 3. The van der Waals surface area contributed by atoms with Crippen molar-refractivity contribution < 1.29 is 46.4 Å². The molecule has 0 bridgehead atoms. The Morgan fingerprint density at radius 2 is 1.45 bits per heavy atom. The summed E-state index contributed by atoms with van der Waals surface area (Å²) < 4.78 is 85.3. The van der Waals surface area contributed by atoms with Crippen molar-refractivity contribution in [3.05, 3.63) is 70.8 Å². The third kappa shape index (κ3) is 5.20. The Labute approximate surface area is 282 Å². The zero-order chi connectivity index (χ0) is 35.4. The van der Waals surface area contributed by atoms with Crippen molar-refractivity contribution in [1.82, 2.24) is 0 Å². The summed E-state index contributed by atoms with van der Waals surface area (Å²) in [4.78, 5) is 11.5. The lowest BCUT2D eigenvalue weighted by Gasteiger charge is -2.59. The molecule has 1 heterocycles. The third-order valence-electron chi connectivity index (χ3n) is 12.7. The number of aliphatic hydroxyl groups is 2. The molecular weight excluding hydrogens is 645 g/mol. The molecule has 6 nitrogen and oxygen atoms in total. The number of halogens is 5. The fraction of sp³-hybridized carbons (Fsp3) is 0.605. The molecule has 6 atom stereocenters. The number of allylic oxidation sites excluding steroid dienone is 1. The average molecular weight is 690 g/mol.